The first-order valence-electron chi connectivity index (χ1n) is 4.52. The van der Waals surface area contributed by atoms with Crippen molar-refractivity contribution in [2.45, 2.75) is 26.4 Å². The molecular formula is C11H14O. The van der Waals surface area contributed by atoms with Crippen molar-refractivity contribution in [3.05, 3.63) is 29.8 Å². The lowest BCUT2D eigenvalue weighted by Gasteiger charge is -2.28. The Bertz CT molecular complexity index is 251. The fourth-order valence-electron chi connectivity index (χ4n) is 1.62. The number of hydrogen-bond donors (Lipinski definition) is 0. The first-order chi connectivity index (χ1) is 5.77. The second-order valence-electron chi connectivity index (χ2n) is 3.61. The number of hydrogen-bond acceptors (Lipinski definition) is 1. The third-order valence-electron chi connectivity index (χ3n) is 2.63. The standard InChI is InChI=1S/C11H14O/c1-8-7-10-5-3-4-6-11(10)12-9(8)2/h3-6,8-9H,7H2,1-2H3/t8-,9+/m0/s1. The van der Waals surface area contributed by atoms with Gasteiger partial charge >= 0.3 is 0 Å². The normalized spacial score (nSPS) is 27.5. The van der Waals surface area contributed by atoms with E-state index in [0.29, 0.717) is 12.0 Å². The van der Waals surface area contributed by atoms with Gasteiger partial charge in [0.1, 0.15) is 5.75 Å². The van der Waals surface area contributed by atoms with Crippen molar-refractivity contribution >= 4 is 0 Å². The fraction of sp³-hybridized carbons (Fsp3) is 0.455. The van der Waals surface area contributed by atoms with Gasteiger partial charge in [0, 0.05) is 0 Å². The highest BCUT2D eigenvalue weighted by molar-refractivity contribution is 5.35. The largest absolute Gasteiger partial charge is 0.490 e. The Morgan fingerprint density at radius 2 is 2.00 bits per heavy atom. The van der Waals surface area contributed by atoms with Crippen molar-refractivity contribution in [2.24, 2.45) is 5.92 Å². The monoisotopic (exact) mass is 162 g/mol. The molecule has 1 aromatic carbocycles. The minimum Gasteiger partial charge on any atom is -0.490 e. The van der Waals surface area contributed by atoms with Gasteiger partial charge in [0.15, 0.2) is 0 Å². The molecule has 64 valence electrons. The van der Waals surface area contributed by atoms with Crippen LogP contribution in [0.4, 0.5) is 0 Å². The quantitative estimate of drug-likeness (QED) is 0.570. The second-order valence-corrected chi connectivity index (χ2v) is 3.61. The molecule has 1 aliphatic heterocycles. The van der Waals surface area contributed by atoms with E-state index >= 15 is 0 Å². The predicted octanol–water partition coefficient (Wildman–Crippen LogP) is 2.65. The summed E-state index contributed by atoms with van der Waals surface area (Å²) < 4.78 is 5.74. The van der Waals surface area contributed by atoms with E-state index in [-0.39, 0.29) is 0 Å². The molecule has 12 heavy (non-hydrogen) atoms. The summed E-state index contributed by atoms with van der Waals surface area (Å²) in [7, 11) is 0. The van der Waals surface area contributed by atoms with E-state index in [1.54, 1.807) is 0 Å². The van der Waals surface area contributed by atoms with Crippen molar-refractivity contribution in [3.63, 3.8) is 0 Å². The number of para-hydroxylation sites is 1. The van der Waals surface area contributed by atoms with Crippen molar-refractivity contribution in [1.82, 2.24) is 0 Å². The average molecular weight is 162 g/mol. The summed E-state index contributed by atoms with van der Waals surface area (Å²) in [6.45, 7) is 4.38. The molecule has 0 amide bonds. The Kier molecular flexibility index (Phi) is 1.80. The Balaban J connectivity index is 2.34. The first kappa shape index (κ1) is 7.66. The minimum absolute atomic E-state index is 0.361. The Morgan fingerprint density at radius 3 is 2.83 bits per heavy atom. The Labute approximate surface area is 73.4 Å². The van der Waals surface area contributed by atoms with Gasteiger partial charge in [-0.3, -0.25) is 0 Å². The Morgan fingerprint density at radius 1 is 1.25 bits per heavy atom. The molecule has 0 N–H and O–H groups in total. The third kappa shape index (κ3) is 1.20. The van der Waals surface area contributed by atoms with Crippen LogP contribution in [0.3, 0.4) is 0 Å². The molecule has 0 saturated heterocycles. The van der Waals surface area contributed by atoms with Gasteiger partial charge in [0.05, 0.1) is 6.10 Å². The molecule has 1 nitrogen and oxygen atoms in total. The maximum atomic E-state index is 5.74. The SMILES string of the molecule is C[C@H]1Cc2ccccc2O[C@@H]1C. The topological polar surface area (TPSA) is 9.23 Å². The van der Waals surface area contributed by atoms with Gasteiger partial charge in [0.2, 0.25) is 0 Å². The molecule has 2 rings (SSSR count). The molecule has 1 heterocycles. The first-order valence-corrected chi connectivity index (χ1v) is 4.52. The highest BCUT2D eigenvalue weighted by Crippen LogP contribution is 2.29. The number of benzene rings is 1. The molecule has 0 bridgehead atoms. The molecule has 0 aliphatic carbocycles. The van der Waals surface area contributed by atoms with Crippen LogP contribution < -0.4 is 4.74 Å². The number of ether oxygens (including phenoxy) is 1. The minimum atomic E-state index is 0.361. The van der Waals surface area contributed by atoms with Crippen LogP contribution in [0.5, 0.6) is 5.75 Å². The lowest BCUT2D eigenvalue weighted by molar-refractivity contribution is 0.140. The summed E-state index contributed by atoms with van der Waals surface area (Å²) in [4.78, 5) is 0. The zero-order valence-electron chi connectivity index (χ0n) is 7.58. The van der Waals surface area contributed by atoms with Crippen LogP contribution >= 0.6 is 0 Å². The van der Waals surface area contributed by atoms with Gasteiger partial charge < -0.3 is 4.74 Å². The summed E-state index contributed by atoms with van der Waals surface area (Å²) in [6.07, 6.45) is 1.51. The van der Waals surface area contributed by atoms with Crippen molar-refractivity contribution in [3.8, 4) is 5.75 Å². The zero-order valence-corrected chi connectivity index (χ0v) is 7.58. The lowest BCUT2D eigenvalue weighted by atomic mass is 9.93. The highest BCUT2D eigenvalue weighted by Gasteiger charge is 2.21. The van der Waals surface area contributed by atoms with Crippen LogP contribution in [0.2, 0.25) is 0 Å². The van der Waals surface area contributed by atoms with E-state index in [1.165, 1.54) is 5.56 Å². The van der Waals surface area contributed by atoms with Crippen LogP contribution in [0.25, 0.3) is 0 Å². The molecule has 0 unspecified atom stereocenters. The fourth-order valence-corrected chi connectivity index (χ4v) is 1.62. The summed E-state index contributed by atoms with van der Waals surface area (Å²) in [5.41, 5.74) is 1.35. The maximum absolute atomic E-state index is 5.74. The average Bonchev–Trinajstić information content (AvgIpc) is 2.07. The van der Waals surface area contributed by atoms with Gasteiger partial charge in [-0.1, -0.05) is 25.1 Å². The molecule has 1 aliphatic rings. The van der Waals surface area contributed by atoms with E-state index in [1.807, 2.05) is 6.07 Å². The Hall–Kier alpha value is -0.980. The van der Waals surface area contributed by atoms with Crippen molar-refractivity contribution in [1.29, 1.82) is 0 Å². The summed E-state index contributed by atoms with van der Waals surface area (Å²) in [6, 6.07) is 8.31. The summed E-state index contributed by atoms with van der Waals surface area (Å²) >= 11 is 0. The van der Waals surface area contributed by atoms with Crippen molar-refractivity contribution in [2.75, 3.05) is 0 Å². The van der Waals surface area contributed by atoms with E-state index in [4.69, 9.17) is 4.74 Å². The van der Waals surface area contributed by atoms with Gasteiger partial charge in [-0.05, 0) is 30.9 Å². The lowest BCUT2D eigenvalue weighted by Crippen LogP contribution is -2.27. The molecule has 1 heteroatoms. The number of fused-ring (bicyclic) bond motifs is 1. The third-order valence-corrected chi connectivity index (χ3v) is 2.63. The van der Waals surface area contributed by atoms with Crippen LogP contribution in [0.1, 0.15) is 19.4 Å². The predicted molar refractivity (Wildman–Crippen MR) is 49.4 cm³/mol. The maximum Gasteiger partial charge on any atom is 0.122 e. The summed E-state index contributed by atoms with van der Waals surface area (Å²) in [5.74, 6) is 1.71. The second kappa shape index (κ2) is 2.81. The summed E-state index contributed by atoms with van der Waals surface area (Å²) in [5, 5.41) is 0. The molecule has 0 spiro atoms. The smallest absolute Gasteiger partial charge is 0.122 e. The van der Waals surface area contributed by atoms with Gasteiger partial charge in [-0.25, -0.2) is 0 Å². The van der Waals surface area contributed by atoms with E-state index in [2.05, 4.69) is 32.0 Å². The zero-order chi connectivity index (χ0) is 8.55. The molecular weight excluding hydrogens is 148 g/mol. The molecule has 0 radical (unpaired) electrons. The van der Waals surface area contributed by atoms with Crippen LogP contribution in [-0.4, -0.2) is 6.10 Å². The van der Waals surface area contributed by atoms with Gasteiger partial charge in [-0.15, -0.1) is 0 Å². The molecule has 2 atom stereocenters. The highest BCUT2D eigenvalue weighted by atomic mass is 16.5. The van der Waals surface area contributed by atoms with Crippen LogP contribution in [-0.2, 0) is 6.42 Å². The van der Waals surface area contributed by atoms with Crippen molar-refractivity contribution < 1.29 is 4.74 Å². The molecule has 1 aromatic rings. The van der Waals surface area contributed by atoms with E-state index in [0.717, 1.165) is 12.2 Å². The molecule has 0 aromatic heterocycles. The van der Waals surface area contributed by atoms with Gasteiger partial charge in [0.25, 0.3) is 0 Å². The van der Waals surface area contributed by atoms with E-state index in [9.17, 15) is 0 Å². The molecule has 0 saturated carbocycles. The van der Waals surface area contributed by atoms with Crippen LogP contribution in [0.15, 0.2) is 24.3 Å². The molecule has 0 fully saturated rings. The number of rotatable bonds is 0. The van der Waals surface area contributed by atoms with Crippen LogP contribution in [0, 0.1) is 5.92 Å². The van der Waals surface area contributed by atoms with E-state index < -0.39 is 0 Å². The van der Waals surface area contributed by atoms with Gasteiger partial charge in [-0.2, -0.15) is 0 Å².